The monoisotopic (exact) mass is 273 g/mol. The third-order valence-corrected chi connectivity index (χ3v) is 3.20. The number of aliphatic hydroxyl groups is 1. The second kappa shape index (κ2) is 6.93. The van der Waals surface area contributed by atoms with Crippen LogP contribution in [-0.2, 0) is 13.0 Å². The fourth-order valence-electron chi connectivity index (χ4n) is 2.06. The molecule has 4 N–H and O–H groups in total. The Bertz CT molecular complexity index is 543. The fourth-order valence-corrected chi connectivity index (χ4v) is 2.06. The molecule has 0 aliphatic heterocycles. The molecule has 0 aliphatic carbocycles. The van der Waals surface area contributed by atoms with E-state index in [1.807, 2.05) is 30.3 Å². The Morgan fingerprint density at radius 2 is 1.75 bits per heavy atom. The second-order valence-corrected chi connectivity index (χ2v) is 4.76. The van der Waals surface area contributed by atoms with Crippen LogP contribution < -0.4 is 5.32 Å². The summed E-state index contributed by atoms with van der Waals surface area (Å²) < 4.78 is 0. The van der Waals surface area contributed by atoms with Gasteiger partial charge < -0.3 is 20.6 Å². The number of aromatic hydroxyl groups is 2. The minimum atomic E-state index is -0.0781. The lowest BCUT2D eigenvalue weighted by atomic mass is 10.1. The Balaban J connectivity index is 1.93. The lowest BCUT2D eigenvalue weighted by Crippen LogP contribution is -2.34. The van der Waals surface area contributed by atoms with Gasteiger partial charge in [0.2, 0.25) is 0 Å². The summed E-state index contributed by atoms with van der Waals surface area (Å²) in [6, 6.07) is 14.3. The average molecular weight is 273 g/mol. The number of phenolic OH excluding ortho intramolecular Hbond substituents is 2. The molecule has 0 spiro atoms. The van der Waals surface area contributed by atoms with Gasteiger partial charge in [0.15, 0.2) is 0 Å². The van der Waals surface area contributed by atoms with Crippen LogP contribution in [0.25, 0.3) is 0 Å². The van der Waals surface area contributed by atoms with Crippen molar-refractivity contribution in [2.75, 3.05) is 6.61 Å². The Hall–Kier alpha value is -2.04. The molecule has 0 saturated carbocycles. The van der Waals surface area contributed by atoms with Gasteiger partial charge in [0.25, 0.3) is 0 Å². The van der Waals surface area contributed by atoms with Gasteiger partial charge in [-0.3, -0.25) is 0 Å². The van der Waals surface area contributed by atoms with E-state index in [9.17, 15) is 15.3 Å². The lowest BCUT2D eigenvalue weighted by molar-refractivity contribution is 0.240. The van der Waals surface area contributed by atoms with Gasteiger partial charge in [0.05, 0.1) is 6.61 Å². The molecule has 2 aromatic carbocycles. The van der Waals surface area contributed by atoms with E-state index < -0.39 is 0 Å². The molecule has 4 heteroatoms. The van der Waals surface area contributed by atoms with Gasteiger partial charge in [-0.1, -0.05) is 36.4 Å². The maximum Gasteiger partial charge on any atom is 0.123 e. The van der Waals surface area contributed by atoms with Gasteiger partial charge in [-0.05, 0) is 18.1 Å². The summed E-state index contributed by atoms with van der Waals surface area (Å²) in [6.07, 6.45) is 0.718. The molecule has 20 heavy (non-hydrogen) atoms. The first-order valence-corrected chi connectivity index (χ1v) is 6.58. The number of nitrogens with one attached hydrogen (secondary N) is 1. The van der Waals surface area contributed by atoms with Gasteiger partial charge in [-0.25, -0.2) is 0 Å². The Kier molecular flexibility index (Phi) is 4.98. The zero-order valence-corrected chi connectivity index (χ0v) is 11.2. The van der Waals surface area contributed by atoms with Crippen molar-refractivity contribution in [3.63, 3.8) is 0 Å². The average Bonchev–Trinajstić information content (AvgIpc) is 2.46. The van der Waals surface area contributed by atoms with Gasteiger partial charge >= 0.3 is 0 Å². The predicted octanol–water partition coefficient (Wildman–Crippen LogP) is 1.79. The first-order valence-electron chi connectivity index (χ1n) is 6.58. The molecular formula is C16H19NO3. The molecule has 0 unspecified atom stereocenters. The van der Waals surface area contributed by atoms with E-state index in [1.54, 1.807) is 6.07 Å². The maximum atomic E-state index is 9.70. The number of hydrogen-bond donors (Lipinski definition) is 4. The molecule has 1 atom stereocenters. The Morgan fingerprint density at radius 1 is 1.00 bits per heavy atom. The van der Waals surface area contributed by atoms with Crippen LogP contribution in [0.3, 0.4) is 0 Å². The van der Waals surface area contributed by atoms with Crippen molar-refractivity contribution in [3.05, 3.63) is 59.7 Å². The molecule has 0 aromatic heterocycles. The first-order chi connectivity index (χ1) is 9.69. The minimum absolute atomic E-state index is 0.0216. The third kappa shape index (κ3) is 3.98. The molecule has 0 radical (unpaired) electrons. The molecule has 0 saturated heterocycles. The topological polar surface area (TPSA) is 72.7 Å². The highest BCUT2D eigenvalue weighted by Crippen LogP contribution is 2.22. The molecule has 106 valence electrons. The molecule has 2 rings (SSSR count). The van der Waals surface area contributed by atoms with Crippen molar-refractivity contribution >= 4 is 0 Å². The van der Waals surface area contributed by atoms with E-state index in [0.717, 1.165) is 12.0 Å². The first kappa shape index (κ1) is 14.4. The normalized spacial score (nSPS) is 12.2. The number of rotatable bonds is 6. The highest BCUT2D eigenvalue weighted by molar-refractivity contribution is 5.38. The van der Waals surface area contributed by atoms with Crippen molar-refractivity contribution in [1.29, 1.82) is 0 Å². The summed E-state index contributed by atoms with van der Waals surface area (Å²) in [5.41, 5.74) is 1.84. The van der Waals surface area contributed by atoms with Crippen LogP contribution in [0, 0.1) is 0 Å². The van der Waals surface area contributed by atoms with E-state index in [0.29, 0.717) is 12.1 Å². The quantitative estimate of drug-likeness (QED) is 0.647. The zero-order chi connectivity index (χ0) is 14.4. The zero-order valence-electron chi connectivity index (χ0n) is 11.2. The molecule has 2 aromatic rings. The third-order valence-electron chi connectivity index (χ3n) is 3.20. The van der Waals surface area contributed by atoms with Gasteiger partial charge in [-0.2, -0.15) is 0 Å². The highest BCUT2D eigenvalue weighted by Gasteiger charge is 2.09. The standard InChI is InChI=1S/C16H19NO3/c18-11-14(8-12-4-2-1-3-5-12)17-10-13-6-7-15(19)9-16(13)20/h1-7,9,14,17-20H,8,10-11H2/t14-/m1/s1. The van der Waals surface area contributed by atoms with Crippen molar-refractivity contribution in [2.24, 2.45) is 0 Å². The summed E-state index contributed by atoms with van der Waals surface area (Å²) in [5, 5.41) is 31.6. The van der Waals surface area contributed by atoms with E-state index in [-0.39, 0.29) is 24.1 Å². The summed E-state index contributed by atoms with van der Waals surface area (Å²) in [5.74, 6) is 0.0862. The molecule has 0 aliphatic rings. The van der Waals surface area contributed by atoms with Crippen molar-refractivity contribution in [2.45, 2.75) is 19.0 Å². The molecule has 4 nitrogen and oxygen atoms in total. The van der Waals surface area contributed by atoms with Crippen molar-refractivity contribution in [3.8, 4) is 11.5 Å². The second-order valence-electron chi connectivity index (χ2n) is 4.76. The summed E-state index contributed by atoms with van der Waals surface area (Å²) in [6.45, 7) is 0.456. The molecule has 0 fully saturated rings. The van der Waals surface area contributed by atoms with Crippen LogP contribution in [0.15, 0.2) is 48.5 Å². The minimum Gasteiger partial charge on any atom is -0.508 e. The number of phenols is 2. The highest BCUT2D eigenvalue weighted by atomic mass is 16.3. The molecular weight excluding hydrogens is 254 g/mol. The van der Waals surface area contributed by atoms with Crippen LogP contribution >= 0.6 is 0 Å². The smallest absolute Gasteiger partial charge is 0.123 e. The Labute approximate surface area is 118 Å². The number of benzene rings is 2. The van der Waals surface area contributed by atoms with Crippen molar-refractivity contribution < 1.29 is 15.3 Å². The summed E-state index contributed by atoms with van der Waals surface area (Å²) in [4.78, 5) is 0. The van der Waals surface area contributed by atoms with Crippen LogP contribution in [0.4, 0.5) is 0 Å². The van der Waals surface area contributed by atoms with Crippen LogP contribution in [0.1, 0.15) is 11.1 Å². The van der Waals surface area contributed by atoms with E-state index in [1.165, 1.54) is 12.1 Å². The summed E-state index contributed by atoms with van der Waals surface area (Å²) >= 11 is 0. The number of hydrogen-bond acceptors (Lipinski definition) is 4. The lowest BCUT2D eigenvalue weighted by Gasteiger charge is -2.17. The number of aliphatic hydroxyl groups excluding tert-OH is 1. The van der Waals surface area contributed by atoms with Crippen LogP contribution in [0.2, 0.25) is 0 Å². The molecule has 0 bridgehead atoms. The summed E-state index contributed by atoms with van der Waals surface area (Å²) in [7, 11) is 0. The van der Waals surface area contributed by atoms with Crippen LogP contribution in [0.5, 0.6) is 11.5 Å². The van der Waals surface area contributed by atoms with Gasteiger partial charge in [-0.15, -0.1) is 0 Å². The Morgan fingerprint density at radius 3 is 2.40 bits per heavy atom. The van der Waals surface area contributed by atoms with Crippen LogP contribution in [-0.4, -0.2) is 28.0 Å². The van der Waals surface area contributed by atoms with E-state index in [4.69, 9.17) is 0 Å². The largest absolute Gasteiger partial charge is 0.508 e. The van der Waals surface area contributed by atoms with Gasteiger partial charge in [0.1, 0.15) is 11.5 Å². The van der Waals surface area contributed by atoms with E-state index >= 15 is 0 Å². The molecule has 0 heterocycles. The van der Waals surface area contributed by atoms with Gasteiger partial charge in [0, 0.05) is 24.2 Å². The SMILES string of the molecule is OC[C@@H](Cc1ccccc1)NCc1ccc(O)cc1O. The molecule has 0 amide bonds. The fraction of sp³-hybridized carbons (Fsp3) is 0.250. The van der Waals surface area contributed by atoms with Crippen molar-refractivity contribution in [1.82, 2.24) is 5.32 Å². The predicted molar refractivity (Wildman–Crippen MR) is 77.6 cm³/mol. The maximum absolute atomic E-state index is 9.70. The van der Waals surface area contributed by atoms with E-state index in [2.05, 4.69) is 5.32 Å².